The quantitative estimate of drug-likeness (QED) is 0.0475. The third kappa shape index (κ3) is 19.6. The third-order valence-corrected chi connectivity index (χ3v) is 16.1. The first-order valence-electron chi connectivity index (χ1n) is 28.9. The fourth-order valence-electron chi connectivity index (χ4n) is 11.2. The van der Waals surface area contributed by atoms with Gasteiger partial charge in [0.15, 0.2) is 37.7 Å². The predicted octanol–water partition coefficient (Wildman–Crippen LogP) is -15.5. The molecule has 0 aromatic heterocycles. The lowest BCUT2D eigenvalue weighted by Crippen LogP contribution is -3.00. The van der Waals surface area contributed by atoms with Crippen molar-refractivity contribution in [2.24, 2.45) is 0 Å². The van der Waals surface area contributed by atoms with Gasteiger partial charge in [-0.1, -0.05) is 25.7 Å². The van der Waals surface area contributed by atoms with Crippen LogP contribution in [0.5, 0.6) is 0 Å². The first-order chi connectivity index (χ1) is 39.6. The zero-order valence-corrected chi connectivity index (χ0v) is 52.4. The molecule has 510 valence electrons. The highest BCUT2D eigenvalue weighted by Gasteiger charge is 2.58. The molecular weight excluding hydrogens is 1290 g/mol. The van der Waals surface area contributed by atoms with Gasteiger partial charge >= 0.3 is 0 Å². The SMILES string of the molecule is C[N+](C)(C)CCCCCCCCCC[N+](C)(C)C.OC[C@H]1O[C@@H]2O[C@H]3[C@H](O)[C@@H](O)[C@@H](O[C@H]4[C@H](O)[C@@H](O)[C@@H](O[C@H]5[C@H](O)[C@@H](O)[C@@H](O[C@H]6[C@H](O)[C@@H](O)[C@@H](O[C@H]7[C@H](O)[C@@H](O)[C@@H](O[C@H]1[C@H](O)[C@H]2O)O[C@@H]7CO)O[C@@H]6CO)O[C@@H]5CO)O[C@@H]4CO)O[C@@H]3CO.[Br-].[Br-]. The zero-order chi connectivity index (χ0) is 62.1. The number of aliphatic hydroxyl groups excluding tert-OH is 18. The van der Waals surface area contributed by atoms with Crippen LogP contribution in [0, 0.1) is 0 Å². The summed E-state index contributed by atoms with van der Waals surface area (Å²) in [5, 5.41) is 196. The minimum atomic E-state index is -2.15. The van der Waals surface area contributed by atoms with Crippen LogP contribution in [0.1, 0.15) is 51.4 Å². The molecule has 22 rings (SSSR count). The van der Waals surface area contributed by atoms with E-state index in [2.05, 4.69) is 42.3 Å². The first-order valence-corrected chi connectivity index (χ1v) is 28.9. The summed E-state index contributed by atoms with van der Waals surface area (Å²) in [6.07, 6.45) is -47.1. The van der Waals surface area contributed by atoms with E-state index < -0.39 is 224 Å². The van der Waals surface area contributed by atoms with Crippen molar-refractivity contribution in [1.29, 1.82) is 0 Å². The second-order valence-corrected chi connectivity index (χ2v) is 24.7. The first kappa shape index (κ1) is 78.1. The molecule has 0 aromatic carbocycles. The molecule has 86 heavy (non-hydrogen) atoms. The molecule has 0 unspecified atom stereocenters. The molecule has 0 spiro atoms. The van der Waals surface area contributed by atoms with E-state index in [9.17, 15) is 91.9 Å². The Bertz CT molecular complexity index is 1600. The maximum Gasteiger partial charge on any atom is 0.187 e. The number of hydrogen-bond acceptors (Lipinski definition) is 30. The summed E-state index contributed by atoms with van der Waals surface area (Å²) in [5.41, 5.74) is 0. The Morgan fingerprint density at radius 2 is 0.360 bits per heavy atom. The second-order valence-electron chi connectivity index (χ2n) is 24.7. The lowest BCUT2D eigenvalue weighted by atomic mass is 9.94. The van der Waals surface area contributed by atoms with E-state index in [1.807, 2.05) is 0 Å². The van der Waals surface area contributed by atoms with Gasteiger partial charge in [-0.25, -0.2) is 0 Å². The van der Waals surface area contributed by atoms with Crippen molar-refractivity contribution in [3.8, 4) is 0 Å². The van der Waals surface area contributed by atoms with Crippen LogP contribution >= 0.6 is 0 Å². The van der Waals surface area contributed by atoms with E-state index in [1.54, 1.807) is 0 Å². The van der Waals surface area contributed by atoms with Crippen LogP contribution in [0.25, 0.3) is 0 Å². The van der Waals surface area contributed by atoms with Gasteiger partial charge in [-0.15, -0.1) is 0 Å². The van der Waals surface area contributed by atoms with Crippen LogP contribution in [-0.4, -0.2) is 380 Å². The molecule has 22 saturated heterocycles. The smallest absolute Gasteiger partial charge is 0.187 e. The highest BCUT2D eigenvalue weighted by Crippen LogP contribution is 2.38. The summed E-state index contributed by atoms with van der Waals surface area (Å²) in [7, 11) is 13.7. The molecule has 0 amide bonds. The summed E-state index contributed by atoms with van der Waals surface area (Å²) in [6.45, 7) is -3.35. The Balaban J connectivity index is 0.000000685. The average molecular weight is 1390 g/mol. The molecule has 0 saturated carbocycles. The van der Waals surface area contributed by atoms with E-state index in [1.165, 1.54) is 64.5 Å². The minimum absolute atomic E-state index is 0. The molecule has 18 N–H and O–H groups in total. The van der Waals surface area contributed by atoms with Crippen LogP contribution < -0.4 is 34.0 Å². The minimum Gasteiger partial charge on any atom is -1.00 e. The molecule has 32 nitrogen and oxygen atoms in total. The number of hydrogen-bond donors (Lipinski definition) is 18. The summed E-state index contributed by atoms with van der Waals surface area (Å²) in [5.74, 6) is 0. The second kappa shape index (κ2) is 35.3. The molecule has 30 atom stereocenters. The zero-order valence-electron chi connectivity index (χ0n) is 49.2. The fourth-order valence-corrected chi connectivity index (χ4v) is 11.2. The van der Waals surface area contributed by atoms with Gasteiger partial charge in [0, 0.05) is 0 Å². The van der Waals surface area contributed by atoms with Gasteiger partial charge in [0.05, 0.1) is 95.0 Å². The predicted molar refractivity (Wildman–Crippen MR) is 279 cm³/mol. The van der Waals surface area contributed by atoms with Gasteiger partial charge in [0.2, 0.25) is 0 Å². The molecule has 0 aliphatic carbocycles. The molecule has 22 fully saturated rings. The van der Waals surface area contributed by atoms with Crippen molar-refractivity contribution in [2.45, 2.75) is 236 Å². The number of halogens is 2. The van der Waals surface area contributed by atoms with E-state index in [0.717, 1.165) is 8.97 Å². The van der Waals surface area contributed by atoms with E-state index in [4.69, 9.17) is 56.8 Å². The van der Waals surface area contributed by atoms with Crippen LogP contribution in [0.3, 0.4) is 0 Å². The van der Waals surface area contributed by atoms with Crippen molar-refractivity contribution in [3.63, 3.8) is 0 Å². The van der Waals surface area contributed by atoms with E-state index >= 15 is 0 Å². The van der Waals surface area contributed by atoms with Crippen molar-refractivity contribution in [2.75, 3.05) is 95.0 Å². The Morgan fingerprint density at radius 3 is 0.488 bits per heavy atom. The van der Waals surface area contributed by atoms with Crippen LogP contribution in [0.2, 0.25) is 0 Å². The fraction of sp³-hybridized carbons (Fsp3) is 1.00. The summed E-state index contributed by atoms with van der Waals surface area (Å²) < 4.78 is 70.1. The Hall–Kier alpha value is -0.320. The van der Waals surface area contributed by atoms with Gasteiger partial charge in [-0.05, 0) is 25.7 Å². The standard InChI is InChI=1S/C36H60O30.C16H38N2.2BrH/c37-1-7-25-13(43)19(49)31(55-7)62-26-8(2-38)57-33(21(51)15(26)45)64-28-10(4-40)59-35(23(53)17(28)47)66-30-12(6-42)60-36(24(54)18(30)48)65-29-11(5-41)58-34(22(52)16(29)46)63-27-9(3-39)56-32(61-25)20(50)14(27)44;1-17(2,3)15-13-11-9-7-8-10-12-14-16-18(4,5)6;;/h7-54H,1-6H2;7-16H2,1-6H3;2*1H/q;+2;;/p-2/t7-,8-,9-,10-,11-,12-,13-,14-,15-,16-,17-,18-,19-,20-,21-,22-,23-,24-,25-,26-,27-,28-,29-,30-,31-,32-,33-,34-,35-,36-;;;/m1.../s1. The Kier molecular flexibility index (Phi) is 32.0. The van der Waals surface area contributed by atoms with Gasteiger partial charge in [-0.2, -0.15) is 0 Å². The lowest BCUT2D eigenvalue weighted by Gasteiger charge is -2.50. The highest BCUT2D eigenvalue weighted by molar-refractivity contribution is 5.01. The number of aliphatic hydroxyl groups is 18. The monoisotopic (exact) mass is 1390 g/mol. The molecule has 22 heterocycles. The van der Waals surface area contributed by atoms with E-state index in [0.29, 0.717) is 0 Å². The maximum absolute atomic E-state index is 11.2. The summed E-state index contributed by atoms with van der Waals surface area (Å²) in [6, 6.07) is 0. The third-order valence-electron chi connectivity index (χ3n) is 16.1. The molecule has 12 bridgehead atoms. The van der Waals surface area contributed by atoms with Gasteiger partial charge in [0.1, 0.15) is 146 Å². The van der Waals surface area contributed by atoms with Crippen LogP contribution in [-0.2, 0) is 56.8 Å². The van der Waals surface area contributed by atoms with Gasteiger partial charge < -0.3 is 192 Å². The van der Waals surface area contributed by atoms with Gasteiger partial charge in [-0.3, -0.25) is 0 Å². The summed E-state index contributed by atoms with van der Waals surface area (Å²) in [4.78, 5) is 0. The molecule has 22 aliphatic heterocycles. The molecular formula is C52H98Br2N2O30. The highest BCUT2D eigenvalue weighted by atomic mass is 79.9. The van der Waals surface area contributed by atoms with Crippen molar-refractivity contribution in [1.82, 2.24) is 0 Å². The Morgan fingerprint density at radius 1 is 0.221 bits per heavy atom. The molecule has 34 heteroatoms. The Labute approximate surface area is 520 Å². The topological polar surface area (TPSA) is 475 Å². The summed E-state index contributed by atoms with van der Waals surface area (Å²) >= 11 is 0. The maximum atomic E-state index is 11.2. The van der Waals surface area contributed by atoms with Crippen molar-refractivity contribution < 1.29 is 192 Å². The van der Waals surface area contributed by atoms with Crippen molar-refractivity contribution >= 4 is 0 Å². The molecule has 0 radical (unpaired) electrons. The molecule has 22 aliphatic rings. The number of unbranched alkanes of at least 4 members (excludes halogenated alkanes) is 7. The van der Waals surface area contributed by atoms with Crippen molar-refractivity contribution in [3.05, 3.63) is 0 Å². The number of quaternary nitrogens is 2. The van der Waals surface area contributed by atoms with E-state index in [-0.39, 0.29) is 34.0 Å². The van der Waals surface area contributed by atoms with Gasteiger partial charge in [0.25, 0.3) is 0 Å². The lowest BCUT2D eigenvalue weighted by molar-refractivity contribution is -0.870. The molecule has 0 aromatic rings. The number of nitrogens with zero attached hydrogens (tertiary/aromatic N) is 2. The van der Waals surface area contributed by atoms with Crippen LogP contribution in [0.15, 0.2) is 0 Å². The number of rotatable bonds is 17. The van der Waals surface area contributed by atoms with Crippen LogP contribution in [0.4, 0.5) is 0 Å². The number of ether oxygens (including phenoxy) is 12. The largest absolute Gasteiger partial charge is 1.00 e. The average Bonchev–Trinajstić information content (AvgIpc) is 3.55. The normalized spacial score (nSPS) is 45.2.